The number of H-pyrrole nitrogens is 1. The van der Waals surface area contributed by atoms with Gasteiger partial charge in [0.05, 0.1) is 0 Å². The predicted octanol–water partition coefficient (Wildman–Crippen LogP) is 2.29. The number of rotatable bonds is 4. The fraction of sp³-hybridized carbons (Fsp3) is 0.167. The lowest BCUT2D eigenvalue weighted by molar-refractivity contribution is 0.300. The van der Waals surface area contributed by atoms with Crippen molar-refractivity contribution in [2.75, 3.05) is 11.9 Å². The lowest BCUT2D eigenvalue weighted by Gasteiger charge is -2.06. The first-order valence-corrected chi connectivity index (χ1v) is 4.99. The standard InChI is InChI=1S/C12H14N2O/c15-9-7-10-6-8-13-12(10)14-11-4-2-1-3-5-11/h1-6,8,13-15H,7,9H2. The molecule has 0 saturated carbocycles. The van der Waals surface area contributed by atoms with Crippen molar-refractivity contribution in [3.8, 4) is 0 Å². The lowest BCUT2D eigenvalue weighted by Crippen LogP contribution is -1.96. The summed E-state index contributed by atoms with van der Waals surface area (Å²) in [6.45, 7) is 0.168. The summed E-state index contributed by atoms with van der Waals surface area (Å²) in [5.41, 5.74) is 2.14. The average molecular weight is 202 g/mol. The Morgan fingerprint density at radius 2 is 1.93 bits per heavy atom. The van der Waals surface area contributed by atoms with E-state index in [1.165, 1.54) is 0 Å². The quantitative estimate of drug-likeness (QED) is 0.712. The van der Waals surface area contributed by atoms with Crippen molar-refractivity contribution in [3.05, 3.63) is 48.2 Å². The van der Waals surface area contributed by atoms with E-state index in [4.69, 9.17) is 5.11 Å². The minimum absolute atomic E-state index is 0.168. The van der Waals surface area contributed by atoms with Gasteiger partial charge < -0.3 is 15.4 Å². The zero-order chi connectivity index (χ0) is 10.5. The van der Waals surface area contributed by atoms with Gasteiger partial charge in [0.2, 0.25) is 0 Å². The molecule has 78 valence electrons. The van der Waals surface area contributed by atoms with Crippen molar-refractivity contribution < 1.29 is 5.11 Å². The smallest absolute Gasteiger partial charge is 0.111 e. The zero-order valence-electron chi connectivity index (χ0n) is 8.40. The van der Waals surface area contributed by atoms with Crippen molar-refractivity contribution in [2.24, 2.45) is 0 Å². The molecule has 3 nitrogen and oxygen atoms in total. The van der Waals surface area contributed by atoms with E-state index >= 15 is 0 Å². The third kappa shape index (κ3) is 2.39. The third-order valence-electron chi connectivity index (χ3n) is 2.26. The van der Waals surface area contributed by atoms with Gasteiger partial charge in [0.15, 0.2) is 0 Å². The molecule has 3 N–H and O–H groups in total. The summed E-state index contributed by atoms with van der Waals surface area (Å²) in [7, 11) is 0. The van der Waals surface area contributed by atoms with Crippen molar-refractivity contribution in [3.63, 3.8) is 0 Å². The summed E-state index contributed by atoms with van der Waals surface area (Å²) in [6.07, 6.45) is 2.54. The molecule has 0 spiro atoms. The fourth-order valence-corrected chi connectivity index (χ4v) is 1.51. The fourth-order valence-electron chi connectivity index (χ4n) is 1.51. The third-order valence-corrected chi connectivity index (χ3v) is 2.26. The van der Waals surface area contributed by atoms with Crippen molar-refractivity contribution >= 4 is 11.5 Å². The van der Waals surface area contributed by atoms with Gasteiger partial charge in [-0.15, -0.1) is 0 Å². The SMILES string of the molecule is OCCc1cc[nH]c1Nc1ccccc1. The minimum atomic E-state index is 0.168. The van der Waals surface area contributed by atoms with Crippen LogP contribution >= 0.6 is 0 Å². The van der Waals surface area contributed by atoms with Gasteiger partial charge in [-0.1, -0.05) is 18.2 Å². The maximum Gasteiger partial charge on any atom is 0.111 e. The Kier molecular flexibility index (Phi) is 3.05. The average Bonchev–Trinajstić information content (AvgIpc) is 2.68. The highest BCUT2D eigenvalue weighted by Gasteiger charge is 2.02. The van der Waals surface area contributed by atoms with Crippen LogP contribution in [0.2, 0.25) is 0 Å². The van der Waals surface area contributed by atoms with Crippen LogP contribution in [0.5, 0.6) is 0 Å². The predicted molar refractivity (Wildman–Crippen MR) is 61.3 cm³/mol. The molecule has 0 atom stereocenters. The molecule has 0 amide bonds. The Bertz CT molecular complexity index is 409. The highest BCUT2D eigenvalue weighted by atomic mass is 16.2. The molecule has 2 aromatic rings. The molecule has 0 unspecified atom stereocenters. The van der Waals surface area contributed by atoms with Crippen LogP contribution in [0.25, 0.3) is 0 Å². The van der Waals surface area contributed by atoms with Gasteiger partial charge in [-0.25, -0.2) is 0 Å². The van der Waals surface area contributed by atoms with Gasteiger partial charge in [-0.2, -0.15) is 0 Å². The number of aliphatic hydroxyl groups is 1. The van der Waals surface area contributed by atoms with Gasteiger partial charge in [0, 0.05) is 18.5 Å². The van der Waals surface area contributed by atoms with Crippen molar-refractivity contribution in [1.82, 2.24) is 4.98 Å². The molecule has 2 rings (SSSR count). The highest BCUT2D eigenvalue weighted by molar-refractivity contribution is 5.59. The Morgan fingerprint density at radius 3 is 2.67 bits per heavy atom. The molecule has 1 aromatic heterocycles. The van der Waals surface area contributed by atoms with Crippen LogP contribution in [0.4, 0.5) is 11.5 Å². The maximum atomic E-state index is 8.89. The largest absolute Gasteiger partial charge is 0.396 e. The van der Waals surface area contributed by atoms with Crippen LogP contribution in [-0.2, 0) is 6.42 Å². The van der Waals surface area contributed by atoms with Crippen molar-refractivity contribution in [1.29, 1.82) is 0 Å². The Labute approximate surface area is 88.8 Å². The number of para-hydroxylation sites is 1. The van der Waals surface area contributed by atoms with Gasteiger partial charge in [0.1, 0.15) is 5.82 Å². The van der Waals surface area contributed by atoms with E-state index in [2.05, 4.69) is 10.3 Å². The second-order valence-corrected chi connectivity index (χ2v) is 3.34. The van der Waals surface area contributed by atoms with Crippen LogP contribution < -0.4 is 5.32 Å². The van der Waals surface area contributed by atoms with E-state index in [1.807, 2.05) is 42.6 Å². The van der Waals surface area contributed by atoms with E-state index in [-0.39, 0.29) is 6.61 Å². The molecule has 15 heavy (non-hydrogen) atoms. The van der Waals surface area contributed by atoms with Crippen LogP contribution in [0.1, 0.15) is 5.56 Å². The number of aromatic amines is 1. The molecule has 0 radical (unpaired) electrons. The second kappa shape index (κ2) is 4.66. The molecule has 1 aromatic carbocycles. The zero-order valence-corrected chi connectivity index (χ0v) is 8.40. The number of nitrogens with one attached hydrogen (secondary N) is 2. The summed E-state index contributed by atoms with van der Waals surface area (Å²) in [5, 5.41) is 12.2. The molecule has 3 heteroatoms. The molecule has 0 bridgehead atoms. The van der Waals surface area contributed by atoms with Crippen LogP contribution in [0, 0.1) is 0 Å². The van der Waals surface area contributed by atoms with E-state index in [9.17, 15) is 0 Å². The molecule has 0 aliphatic carbocycles. The van der Waals surface area contributed by atoms with E-state index in [0.717, 1.165) is 17.1 Å². The summed E-state index contributed by atoms with van der Waals surface area (Å²) in [4.78, 5) is 3.12. The summed E-state index contributed by atoms with van der Waals surface area (Å²) in [6, 6.07) is 11.9. The van der Waals surface area contributed by atoms with Crippen LogP contribution in [0.3, 0.4) is 0 Å². The Hall–Kier alpha value is -1.74. The maximum absolute atomic E-state index is 8.89. The van der Waals surface area contributed by atoms with E-state index < -0.39 is 0 Å². The van der Waals surface area contributed by atoms with E-state index in [0.29, 0.717) is 6.42 Å². The molecular weight excluding hydrogens is 188 g/mol. The summed E-state index contributed by atoms with van der Waals surface area (Å²) < 4.78 is 0. The number of aromatic nitrogens is 1. The van der Waals surface area contributed by atoms with Gasteiger partial charge in [0.25, 0.3) is 0 Å². The van der Waals surface area contributed by atoms with E-state index in [1.54, 1.807) is 0 Å². The van der Waals surface area contributed by atoms with Gasteiger partial charge in [-0.05, 0) is 30.2 Å². The first kappa shape index (κ1) is 9.80. The first-order chi connectivity index (χ1) is 7.40. The number of aliphatic hydroxyl groups excluding tert-OH is 1. The number of anilines is 2. The number of benzene rings is 1. The molecule has 0 saturated heterocycles. The molecule has 0 fully saturated rings. The van der Waals surface area contributed by atoms with Crippen LogP contribution in [-0.4, -0.2) is 16.7 Å². The highest BCUT2D eigenvalue weighted by Crippen LogP contribution is 2.18. The Balaban J connectivity index is 2.14. The monoisotopic (exact) mass is 202 g/mol. The molecular formula is C12H14N2O. The van der Waals surface area contributed by atoms with Gasteiger partial charge >= 0.3 is 0 Å². The molecule has 0 aliphatic rings. The van der Waals surface area contributed by atoms with Crippen LogP contribution in [0.15, 0.2) is 42.6 Å². The topological polar surface area (TPSA) is 48.0 Å². The normalized spacial score (nSPS) is 10.2. The number of hydrogen-bond acceptors (Lipinski definition) is 2. The van der Waals surface area contributed by atoms with Crippen molar-refractivity contribution in [2.45, 2.75) is 6.42 Å². The summed E-state index contributed by atoms with van der Waals surface area (Å²) in [5.74, 6) is 0.954. The lowest BCUT2D eigenvalue weighted by atomic mass is 10.2. The van der Waals surface area contributed by atoms with Gasteiger partial charge in [-0.3, -0.25) is 0 Å². The number of hydrogen-bond donors (Lipinski definition) is 3. The second-order valence-electron chi connectivity index (χ2n) is 3.34. The first-order valence-electron chi connectivity index (χ1n) is 4.99. The Morgan fingerprint density at radius 1 is 1.13 bits per heavy atom. The summed E-state index contributed by atoms with van der Waals surface area (Å²) >= 11 is 0. The minimum Gasteiger partial charge on any atom is -0.396 e. The molecule has 0 aliphatic heterocycles. The molecule has 1 heterocycles.